The summed E-state index contributed by atoms with van der Waals surface area (Å²) < 4.78 is 11.5. The van der Waals surface area contributed by atoms with Crippen molar-refractivity contribution in [3.05, 3.63) is 80.4 Å². The largest absolute Gasteiger partial charge is 0.480 e. The van der Waals surface area contributed by atoms with Gasteiger partial charge in [0.05, 0.1) is 0 Å². The average Bonchev–Trinajstić information content (AvgIpc) is 3.09. The highest BCUT2D eigenvalue weighted by Crippen LogP contribution is 2.34. The first kappa shape index (κ1) is 23.3. The van der Waals surface area contributed by atoms with Crippen LogP contribution in [0.3, 0.4) is 0 Å². The molecule has 1 atom stereocenters. The minimum atomic E-state index is -1.11. The van der Waals surface area contributed by atoms with Crippen LogP contribution in [0.25, 0.3) is 21.9 Å². The van der Waals surface area contributed by atoms with Gasteiger partial charge in [-0.2, -0.15) is 0 Å². The third-order valence-electron chi connectivity index (χ3n) is 6.46. The molecule has 7 heteroatoms. The van der Waals surface area contributed by atoms with Crippen molar-refractivity contribution in [2.75, 3.05) is 0 Å². The molecule has 34 heavy (non-hydrogen) atoms. The Balaban J connectivity index is 1.57. The van der Waals surface area contributed by atoms with E-state index in [9.17, 15) is 19.5 Å². The van der Waals surface area contributed by atoms with Gasteiger partial charge in [-0.1, -0.05) is 30.3 Å². The number of carboxylic acids is 1. The van der Waals surface area contributed by atoms with Crippen molar-refractivity contribution in [1.29, 1.82) is 0 Å². The van der Waals surface area contributed by atoms with Crippen LogP contribution in [0.1, 0.15) is 40.0 Å². The number of carbonyl (C=O) groups is 2. The summed E-state index contributed by atoms with van der Waals surface area (Å²) in [5.74, 6) is -0.729. The van der Waals surface area contributed by atoms with Gasteiger partial charge in [0, 0.05) is 34.7 Å². The average molecular weight is 462 g/mol. The zero-order valence-corrected chi connectivity index (χ0v) is 19.7. The number of amides is 1. The van der Waals surface area contributed by atoms with Gasteiger partial charge < -0.3 is 19.3 Å². The summed E-state index contributed by atoms with van der Waals surface area (Å²) in [6.07, 6.45) is 0.298. The summed E-state index contributed by atoms with van der Waals surface area (Å²) in [6, 6.07) is 10.0. The molecule has 0 fully saturated rings. The zero-order valence-electron chi connectivity index (χ0n) is 19.7. The van der Waals surface area contributed by atoms with E-state index in [0.717, 1.165) is 38.8 Å². The summed E-state index contributed by atoms with van der Waals surface area (Å²) in [5, 5.41) is 13.9. The molecule has 0 radical (unpaired) electrons. The molecular weight excluding hydrogens is 434 g/mol. The maximum absolute atomic E-state index is 12.8. The van der Waals surface area contributed by atoms with Gasteiger partial charge >= 0.3 is 11.6 Å². The molecular formula is C27H27NO6. The molecule has 0 aliphatic carbocycles. The Kier molecular flexibility index (Phi) is 6.28. The Bertz CT molecular complexity index is 1460. The van der Waals surface area contributed by atoms with Crippen molar-refractivity contribution in [2.45, 2.75) is 53.0 Å². The summed E-state index contributed by atoms with van der Waals surface area (Å²) >= 11 is 0. The summed E-state index contributed by atoms with van der Waals surface area (Å²) in [7, 11) is 0. The van der Waals surface area contributed by atoms with E-state index in [-0.39, 0.29) is 19.3 Å². The van der Waals surface area contributed by atoms with Gasteiger partial charge in [0.25, 0.3) is 0 Å². The molecule has 2 heterocycles. The first-order chi connectivity index (χ1) is 16.2. The second-order valence-corrected chi connectivity index (χ2v) is 8.68. The number of hydrogen-bond donors (Lipinski definition) is 2. The van der Waals surface area contributed by atoms with Crippen LogP contribution >= 0.6 is 0 Å². The van der Waals surface area contributed by atoms with Crippen LogP contribution in [-0.2, 0) is 22.4 Å². The van der Waals surface area contributed by atoms with Crippen molar-refractivity contribution in [2.24, 2.45) is 0 Å². The van der Waals surface area contributed by atoms with E-state index in [2.05, 4.69) is 5.32 Å². The summed E-state index contributed by atoms with van der Waals surface area (Å²) in [6.45, 7) is 7.59. The van der Waals surface area contributed by atoms with E-state index in [1.165, 1.54) is 0 Å². The monoisotopic (exact) mass is 461 g/mol. The molecule has 0 aliphatic heterocycles. The quantitative estimate of drug-likeness (QED) is 0.392. The molecule has 0 unspecified atom stereocenters. The fourth-order valence-corrected chi connectivity index (χ4v) is 4.34. The van der Waals surface area contributed by atoms with E-state index >= 15 is 0 Å². The maximum atomic E-state index is 12.8. The van der Waals surface area contributed by atoms with Crippen LogP contribution in [0.15, 0.2) is 50.0 Å². The molecule has 0 saturated carbocycles. The van der Waals surface area contributed by atoms with E-state index < -0.39 is 23.5 Å². The van der Waals surface area contributed by atoms with Crippen molar-refractivity contribution < 1.29 is 23.5 Å². The lowest BCUT2D eigenvalue weighted by atomic mass is 9.98. The molecule has 7 nitrogen and oxygen atoms in total. The third-order valence-corrected chi connectivity index (χ3v) is 6.46. The Hall–Kier alpha value is -3.87. The number of aryl methyl sites for hydroxylation is 4. The number of carbonyl (C=O) groups excluding carboxylic acids is 1. The molecule has 2 aromatic carbocycles. The molecule has 1 amide bonds. The second kappa shape index (κ2) is 9.17. The van der Waals surface area contributed by atoms with Crippen molar-refractivity contribution in [3.8, 4) is 0 Å². The zero-order chi connectivity index (χ0) is 24.6. The fraction of sp³-hybridized carbons (Fsp3) is 0.296. The Morgan fingerprint density at radius 2 is 1.59 bits per heavy atom. The standard InChI is InChI=1S/C27H27NO6/c1-14-17(4)33-24-16(3)25-21(13-20(14)24)15(2)19(27(32)34-25)10-11-23(29)28-22(26(30)31)12-18-8-6-5-7-9-18/h5-9,13,22H,10-12H2,1-4H3,(H,28,29)(H,30,31)/t22-/m1/s1. The fourth-order valence-electron chi connectivity index (χ4n) is 4.34. The van der Waals surface area contributed by atoms with Gasteiger partial charge in [0.2, 0.25) is 5.91 Å². The lowest BCUT2D eigenvalue weighted by Gasteiger charge is -2.15. The van der Waals surface area contributed by atoms with Crippen LogP contribution in [0.5, 0.6) is 0 Å². The Labute approximate surface area is 196 Å². The Morgan fingerprint density at radius 3 is 2.26 bits per heavy atom. The minimum Gasteiger partial charge on any atom is -0.480 e. The number of fused-ring (bicyclic) bond motifs is 2. The van der Waals surface area contributed by atoms with Gasteiger partial charge in [0.15, 0.2) is 0 Å². The summed E-state index contributed by atoms with van der Waals surface area (Å²) in [4.78, 5) is 37.0. The number of benzene rings is 2. The van der Waals surface area contributed by atoms with Crippen LogP contribution in [0.4, 0.5) is 0 Å². The molecule has 2 N–H and O–H groups in total. The lowest BCUT2D eigenvalue weighted by molar-refractivity contribution is -0.141. The molecule has 0 saturated heterocycles. The number of nitrogens with one attached hydrogen (secondary N) is 1. The highest BCUT2D eigenvalue weighted by atomic mass is 16.4. The van der Waals surface area contributed by atoms with Gasteiger partial charge in [-0.15, -0.1) is 0 Å². The van der Waals surface area contributed by atoms with E-state index in [1.807, 2.05) is 64.1 Å². The number of carboxylic acid groups (broad SMARTS) is 1. The number of aliphatic carboxylic acids is 1. The van der Waals surface area contributed by atoms with E-state index in [1.54, 1.807) is 0 Å². The molecule has 0 aliphatic rings. The molecule has 176 valence electrons. The third kappa shape index (κ3) is 4.33. The highest BCUT2D eigenvalue weighted by molar-refractivity contribution is 6.00. The van der Waals surface area contributed by atoms with Gasteiger partial charge in [-0.3, -0.25) is 4.79 Å². The molecule has 0 bridgehead atoms. The van der Waals surface area contributed by atoms with Crippen LogP contribution < -0.4 is 10.9 Å². The van der Waals surface area contributed by atoms with Crippen molar-refractivity contribution in [1.82, 2.24) is 5.32 Å². The molecule has 4 aromatic rings. The molecule has 2 aromatic heterocycles. The smallest absolute Gasteiger partial charge is 0.339 e. The maximum Gasteiger partial charge on any atom is 0.339 e. The van der Waals surface area contributed by atoms with Crippen LogP contribution in [0.2, 0.25) is 0 Å². The molecule has 0 spiro atoms. The summed E-state index contributed by atoms with van der Waals surface area (Å²) in [5.41, 5.74) is 4.45. The Morgan fingerprint density at radius 1 is 0.941 bits per heavy atom. The number of hydrogen-bond acceptors (Lipinski definition) is 5. The number of rotatable bonds is 7. The van der Waals surface area contributed by atoms with Crippen molar-refractivity contribution >= 4 is 33.8 Å². The normalized spacial score (nSPS) is 12.2. The molecule has 4 rings (SSSR count). The van der Waals surface area contributed by atoms with Crippen molar-refractivity contribution in [3.63, 3.8) is 0 Å². The van der Waals surface area contributed by atoms with Gasteiger partial charge in [-0.05, 0) is 56.9 Å². The van der Waals surface area contributed by atoms with Gasteiger partial charge in [0.1, 0.15) is 23.0 Å². The minimum absolute atomic E-state index is 0.0270. The lowest BCUT2D eigenvalue weighted by Crippen LogP contribution is -2.42. The van der Waals surface area contributed by atoms with E-state index in [4.69, 9.17) is 8.83 Å². The van der Waals surface area contributed by atoms with Crippen LogP contribution in [-0.4, -0.2) is 23.0 Å². The predicted molar refractivity (Wildman–Crippen MR) is 129 cm³/mol. The second-order valence-electron chi connectivity index (χ2n) is 8.68. The van der Waals surface area contributed by atoms with Crippen LogP contribution in [0, 0.1) is 27.7 Å². The first-order valence-electron chi connectivity index (χ1n) is 11.2. The van der Waals surface area contributed by atoms with Gasteiger partial charge in [-0.25, -0.2) is 9.59 Å². The topological polar surface area (TPSA) is 110 Å². The highest BCUT2D eigenvalue weighted by Gasteiger charge is 2.22. The SMILES string of the molecule is Cc1oc2c(C)c3oc(=O)c(CCC(=O)N[C@H](Cc4ccccc4)C(=O)O)c(C)c3cc2c1C. The van der Waals surface area contributed by atoms with E-state index in [0.29, 0.717) is 16.7 Å². The number of furan rings is 1. The predicted octanol–water partition coefficient (Wildman–Crippen LogP) is 4.52. The first-order valence-corrected chi connectivity index (χ1v) is 11.2.